The number of hydrogen-bond acceptors (Lipinski definition) is 3. The SMILES string of the molecule is CN(C)CCN1COC(Cc2ccccc2)C1=O. The fourth-order valence-electron chi connectivity index (χ4n) is 1.99. The van der Waals surface area contributed by atoms with Crippen LogP contribution >= 0.6 is 0 Å². The highest BCUT2D eigenvalue weighted by molar-refractivity contribution is 5.82. The average molecular weight is 248 g/mol. The number of amides is 1. The van der Waals surface area contributed by atoms with Crippen molar-refractivity contribution in [2.24, 2.45) is 0 Å². The molecule has 2 rings (SSSR count). The molecule has 1 aliphatic rings. The van der Waals surface area contributed by atoms with Crippen LogP contribution in [0.5, 0.6) is 0 Å². The topological polar surface area (TPSA) is 32.8 Å². The van der Waals surface area contributed by atoms with Gasteiger partial charge in [-0.2, -0.15) is 0 Å². The molecule has 1 heterocycles. The van der Waals surface area contributed by atoms with Crippen molar-refractivity contribution in [1.82, 2.24) is 9.80 Å². The summed E-state index contributed by atoms with van der Waals surface area (Å²) in [5.41, 5.74) is 1.14. The Labute approximate surface area is 108 Å². The van der Waals surface area contributed by atoms with Crippen LogP contribution in [-0.4, -0.2) is 55.7 Å². The Bertz CT molecular complexity index is 392. The molecule has 1 aliphatic heterocycles. The van der Waals surface area contributed by atoms with E-state index < -0.39 is 0 Å². The van der Waals surface area contributed by atoms with Crippen molar-refractivity contribution in [2.45, 2.75) is 12.5 Å². The Morgan fingerprint density at radius 2 is 2.06 bits per heavy atom. The summed E-state index contributed by atoms with van der Waals surface area (Å²) in [4.78, 5) is 16.0. The first-order valence-electron chi connectivity index (χ1n) is 6.26. The van der Waals surface area contributed by atoms with Gasteiger partial charge in [-0.25, -0.2) is 0 Å². The second-order valence-corrected chi connectivity index (χ2v) is 4.88. The van der Waals surface area contributed by atoms with Gasteiger partial charge in [0.25, 0.3) is 5.91 Å². The molecule has 98 valence electrons. The van der Waals surface area contributed by atoms with Crippen molar-refractivity contribution < 1.29 is 9.53 Å². The molecule has 0 saturated carbocycles. The lowest BCUT2D eigenvalue weighted by Crippen LogP contribution is -2.35. The normalized spacial score (nSPS) is 19.8. The molecule has 1 amide bonds. The van der Waals surface area contributed by atoms with Crippen LogP contribution in [0.1, 0.15) is 5.56 Å². The van der Waals surface area contributed by atoms with Gasteiger partial charge >= 0.3 is 0 Å². The maximum Gasteiger partial charge on any atom is 0.254 e. The number of likely N-dealkylation sites (N-methyl/N-ethyl adjacent to an activating group) is 1. The quantitative estimate of drug-likeness (QED) is 0.778. The molecule has 4 heteroatoms. The zero-order valence-electron chi connectivity index (χ0n) is 11.0. The fourth-order valence-corrected chi connectivity index (χ4v) is 1.99. The van der Waals surface area contributed by atoms with Gasteiger partial charge in [0, 0.05) is 19.5 Å². The summed E-state index contributed by atoms with van der Waals surface area (Å²) in [7, 11) is 4.01. The van der Waals surface area contributed by atoms with Gasteiger partial charge in [0.05, 0.1) is 0 Å². The number of hydrogen-bond donors (Lipinski definition) is 0. The van der Waals surface area contributed by atoms with Crippen molar-refractivity contribution in [3.8, 4) is 0 Å². The summed E-state index contributed by atoms with van der Waals surface area (Å²) in [6.07, 6.45) is 0.354. The van der Waals surface area contributed by atoms with E-state index in [1.807, 2.05) is 44.4 Å². The number of carbonyl (C=O) groups is 1. The molecule has 4 nitrogen and oxygen atoms in total. The van der Waals surface area contributed by atoms with Gasteiger partial charge in [0.2, 0.25) is 0 Å². The lowest BCUT2D eigenvalue weighted by molar-refractivity contribution is -0.130. The van der Waals surface area contributed by atoms with Crippen LogP contribution in [0.15, 0.2) is 30.3 Å². The minimum absolute atomic E-state index is 0.112. The molecule has 1 unspecified atom stereocenters. The van der Waals surface area contributed by atoms with Crippen LogP contribution in [0, 0.1) is 0 Å². The Hall–Kier alpha value is -1.39. The summed E-state index contributed by atoms with van der Waals surface area (Å²) >= 11 is 0. The molecule has 1 saturated heterocycles. The van der Waals surface area contributed by atoms with Crippen LogP contribution in [0.2, 0.25) is 0 Å². The van der Waals surface area contributed by atoms with E-state index in [1.54, 1.807) is 4.90 Å². The minimum atomic E-state index is -0.311. The number of rotatable bonds is 5. The van der Waals surface area contributed by atoms with Crippen LogP contribution in [0.3, 0.4) is 0 Å². The number of benzene rings is 1. The van der Waals surface area contributed by atoms with Crippen molar-refractivity contribution in [3.63, 3.8) is 0 Å². The van der Waals surface area contributed by atoms with Gasteiger partial charge in [0.15, 0.2) is 0 Å². The summed E-state index contributed by atoms with van der Waals surface area (Å²) < 4.78 is 5.57. The molecule has 1 aromatic carbocycles. The fraction of sp³-hybridized carbons (Fsp3) is 0.500. The maximum atomic E-state index is 12.1. The summed E-state index contributed by atoms with van der Waals surface area (Å²) in [5.74, 6) is 0.112. The Morgan fingerprint density at radius 3 is 2.72 bits per heavy atom. The smallest absolute Gasteiger partial charge is 0.254 e. The highest BCUT2D eigenvalue weighted by Crippen LogP contribution is 2.15. The molecule has 0 bridgehead atoms. The first-order chi connectivity index (χ1) is 8.66. The molecule has 1 aromatic rings. The first kappa shape index (κ1) is 13.1. The second kappa shape index (κ2) is 5.98. The van der Waals surface area contributed by atoms with Crippen LogP contribution in [0.25, 0.3) is 0 Å². The van der Waals surface area contributed by atoms with Crippen LogP contribution in [-0.2, 0) is 16.0 Å². The standard InChI is InChI=1S/C14H20N2O2/c1-15(2)8-9-16-11-18-13(14(16)17)10-12-6-4-3-5-7-12/h3-7,13H,8-11H2,1-2H3. The Kier molecular flexibility index (Phi) is 4.33. The largest absolute Gasteiger partial charge is 0.348 e. The van der Waals surface area contributed by atoms with E-state index >= 15 is 0 Å². The summed E-state index contributed by atoms with van der Waals surface area (Å²) in [6, 6.07) is 10.00. The van der Waals surface area contributed by atoms with Gasteiger partial charge in [-0.05, 0) is 19.7 Å². The van der Waals surface area contributed by atoms with Crippen molar-refractivity contribution in [3.05, 3.63) is 35.9 Å². The van der Waals surface area contributed by atoms with Crippen molar-refractivity contribution in [2.75, 3.05) is 33.9 Å². The molecule has 1 atom stereocenters. The third-order valence-corrected chi connectivity index (χ3v) is 3.10. The molecule has 0 spiro atoms. The Balaban J connectivity index is 1.87. The predicted molar refractivity (Wildman–Crippen MR) is 70.2 cm³/mol. The van der Waals surface area contributed by atoms with E-state index in [4.69, 9.17) is 4.74 Å². The van der Waals surface area contributed by atoms with Gasteiger partial charge in [-0.3, -0.25) is 4.79 Å². The number of carbonyl (C=O) groups excluding carboxylic acids is 1. The molecule has 0 aromatic heterocycles. The first-order valence-corrected chi connectivity index (χ1v) is 6.26. The Morgan fingerprint density at radius 1 is 1.33 bits per heavy atom. The zero-order chi connectivity index (χ0) is 13.0. The van der Waals surface area contributed by atoms with Gasteiger partial charge < -0.3 is 14.5 Å². The van der Waals surface area contributed by atoms with E-state index in [0.717, 1.165) is 18.7 Å². The second-order valence-electron chi connectivity index (χ2n) is 4.88. The summed E-state index contributed by atoms with van der Waals surface area (Å²) in [5, 5.41) is 0. The van der Waals surface area contributed by atoms with E-state index in [0.29, 0.717) is 13.2 Å². The molecule has 0 N–H and O–H groups in total. The van der Waals surface area contributed by atoms with E-state index in [-0.39, 0.29) is 12.0 Å². The average Bonchev–Trinajstić information content (AvgIpc) is 2.70. The lowest BCUT2D eigenvalue weighted by atomic mass is 10.1. The highest BCUT2D eigenvalue weighted by atomic mass is 16.5. The van der Waals surface area contributed by atoms with Gasteiger partial charge in [-0.1, -0.05) is 30.3 Å². The van der Waals surface area contributed by atoms with Crippen LogP contribution < -0.4 is 0 Å². The molecule has 0 aliphatic carbocycles. The molecule has 0 radical (unpaired) electrons. The minimum Gasteiger partial charge on any atom is -0.348 e. The summed E-state index contributed by atoms with van der Waals surface area (Å²) in [6.45, 7) is 2.02. The molecule has 1 fully saturated rings. The number of nitrogens with zero attached hydrogens (tertiary/aromatic N) is 2. The monoisotopic (exact) mass is 248 g/mol. The van der Waals surface area contributed by atoms with E-state index in [1.165, 1.54) is 0 Å². The maximum absolute atomic E-state index is 12.1. The van der Waals surface area contributed by atoms with Crippen molar-refractivity contribution in [1.29, 1.82) is 0 Å². The molecular formula is C14H20N2O2. The highest BCUT2D eigenvalue weighted by Gasteiger charge is 2.32. The molecule has 18 heavy (non-hydrogen) atoms. The van der Waals surface area contributed by atoms with E-state index in [2.05, 4.69) is 4.90 Å². The van der Waals surface area contributed by atoms with Gasteiger partial charge in [-0.15, -0.1) is 0 Å². The molecular weight excluding hydrogens is 228 g/mol. The van der Waals surface area contributed by atoms with E-state index in [9.17, 15) is 4.79 Å². The van der Waals surface area contributed by atoms with Crippen LogP contribution in [0.4, 0.5) is 0 Å². The predicted octanol–water partition coefficient (Wildman–Crippen LogP) is 0.976. The number of ether oxygens (including phenoxy) is 1. The zero-order valence-corrected chi connectivity index (χ0v) is 11.0. The van der Waals surface area contributed by atoms with Gasteiger partial charge in [0.1, 0.15) is 12.8 Å². The third kappa shape index (κ3) is 3.31. The third-order valence-electron chi connectivity index (χ3n) is 3.10. The van der Waals surface area contributed by atoms with Crippen molar-refractivity contribution >= 4 is 5.91 Å². The lowest BCUT2D eigenvalue weighted by Gasteiger charge is -2.17.